The zero-order valence-corrected chi connectivity index (χ0v) is 15.5. The van der Waals surface area contributed by atoms with Crippen LogP contribution in [0.2, 0.25) is 0 Å². The quantitative estimate of drug-likeness (QED) is 0.920. The van der Waals surface area contributed by atoms with Crippen LogP contribution in [-0.2, 0) is 0 Å². The van der Waals surface area contributed by atoms with Gasteiger partial charge in [-0.2, -0.15) is 0 Å². The number of amides is 2. The second-order valence-corrected chi connectivity index (χ2v) is 6.59. The van der Waals surface area contributed by atoms with E-state index in [1.807, 2.05) is 41.8 Å². The van der Waals surface area contributed by atoms with E-state index in [-0.39, 0.29) is 11.8 Å². The number of rotatable bonds is 3. The summed E-state index contributed by atoms with van der Waals surface area (Å²) in [6.45, 7) is 6.29. The highest BCUT2D eigenvalue weighted by Gasteiger charge is 2.25. The van der Waals surface area contributed by atoms with Crippen molar-refractivity contribution in [3.8, 4) is 5.75 Å². The lowest BCUT2D eigenvalue weighted by molar-refractivity contribution is 0.0715. The first-order valence-electron chi connectivity index (χ1n) is 8.89. The van der Waals surface area contributed by atoms with Gasteiger partial charge in [-0.25, -0.2) is 0 Å². The monoisotopic (exact) mass is 355 g/mol. The van der Waals surface area contributed by atoms with Crippen molar-refractivity contribution in [3.05, 3.63) is 52.8 Å². The number of carbonyl (C=O) groups is 2. The van der Waals surface area contributed by atoms with E-state index in [9.17, 15) is 9.59 Å². The third-order valence-corrected chi connectivity index (χ3v) is 5.09. The minimum atomic E-state index is -0.0132. The van der Waals surface area contributed by atoms with Crippen molar-refractivity contribution in [1.29, 1.82) is 0 Å². The summed E-state index contributed by atoms with van der Waals surface area (Å²) in [5, 5.41) is 0. The highest BCUT2D eigenvalue weighted by Crippen LogP contribution is 2.25. The van der Waals surface area contributed by atoms with E-state index in [2.05, 4.69) is 4.98 Å². The molecule has 1 aliphatic rings. The topological polar surface area (TPSA) is 65.6 Å². The minimum Gasteiger partial charge on any atom is -0.496 e. The molecule has 1 fully saturated rings. The molecule has 1 N–H and O–H groups in total. The van der Waals surface area contributed by atoms with Gasteiger partial charge in [0.15, 0.2) is 0 Å². The Morgan fingerprint density at radius 3 is 2.27 bits per heavy atom. The van der Waals surface area contributed by atoms with E-state index >= 15 is 0 Å². The Balaban J connectivity index is 1.72. The van der Waals surface area contributed by atoms with Crippen molar-refractivity contribution in [1.82, 2.24) is 14.8 Å². The smallest absolute Gasteiger partial charge is 0.270 e. The maximum Gasteiger partial charge on any atom is 0.270 e. The molecule has 138 valence electrons. The van der Waals surface area contributed by atoms with Crippen molar-refractivity contribution in [2.24, 2.45) is 0 Å². The van der Waals surface area contributed by atoms with Crippen LogP contribution in [-0.4, -0.2) is 59.9 Å². The summed E-state index contributed by atoms with van der Waals surface area (Å²) in [5.74, 6) is 0.792. The zero-order valence-electron chi connectivity index (χ0n) is 15.5. The van der Waals surface area contributed by atoms with Gasteiger partial charge in [-0.05, 0) is 55.7 Å². The van der Waals surface area contributed by atoms with Crippen molar-refractivity contribution in [2.75, 3.05) is 33.3 Å². The second kappa shape index (κ2) is 7.64. The summed E-state index contributed by atoms with van der Waals surface area (Å²) in [6.07, 6.45) is 2.52. The highest BCUT2D eigenvalue weighted by molar-refractivity contribution is 5.96. The number of aromatic amines is 1. The zero-order chi connectivity index (χ0) is 18.7. The summed E-state index contributed by atoms with van der Waals surface area (Å²) in [7, 11) is 1.63. The van der Waals surface area contributed by atoms with Crippen LogP contribution in [0.4, 0.5) is 0 Å². The normalized spacial score (nSPS) is 14.9. The molecule has 1 aromatic carbocycles. The lowest BCUT2D eigenvalue weighted by Gasteiger charge is -2.23. The van der Waals surface area contributed by atoms with E-state index in [1.54, 1.807) is 19.4 Å². The van der Waals surface area contributed by atoms with E-state index in [0.717, 1.165) is 23.3 Å². The Labute approximate surface area is 153 Å². The first-order chi connectivity index (χ1) is 12.5. The Morgan fingerprint density at radius 2 is 1.65 bits per heavy atom. The van der Waals surface area contributed by atoms with Crippen LogP contribution in [0.1, 0.15) is 38.4 Å². The van der Waals surface area contributed by atoms with Gasteiger partial charge in [0.05, 0.1) is 7.11 Å². The van der Waals surface area contributed by atoms with Crippen LogP contribution in [0.25, 0.3) is 0 Å². The number of H-pyrrole nitrogens is 1. The maximum atomic E-state index is 13.0. The summed E-state index contributed by atoms with van der Waals surface area (Å²) < 4.78 is 5.33. The Kier molecular flexibility index (Phi) is 5.30. The van der Waals surface area contributed by atoms with E-state index in [1.165, 1.54) is 0 Å². The molecule has 6 nitrogen and oxygen atoms in total. The van der Waals surface area contributed by atoms with Crippen LogP contribution in [0.5, 0.6) is 5.75 Å². The van der Waals surface area contributed by atoms with Gasteiger partial charge in [0.2, 0.25) is 0 Å². The predicted molar refractivity (Wildman–Crippen MR) is 99.7 cm³/mol. The van der Waals surface area contributed by atoms with Gasteiger partial charge in [0.1, 0.15) is 11.4 Å². The average Bonchev–Trinajstić information content (AvgIpc) is 3.07. The molecule has 0 unspecified atom stereocenters. The number of nitrogens with one attached hydrogen (secondary N) is 1. The molecule has 0 saturated carbocycles. The first kappa shape index (κ1) is 18.0. The van der Waals surface area contributed by atoms with Gasteiger partial charge in [0, 0.05) is 37.9 Å². The molecule has 3 rings (SSSR count). The predicted octanol–water partition coefficient (Wildman–Crippen LogP) is 2.63. The Bertz CT molecular complexity index is 799. The number of hydrogen-bond donors (Lipinski definition) is 1. The van der Waals surface area contributed by atoms with Crippen molar-refractivity contribution < 1.29 is 14.3 Å². The third kappa shape index (κ3) is 3.45. The second-order valence-electron chi connectivity index (χ2n) is 6.59. The van der Waals surface area contributed by atoms with E-state index in [4.69, 9.17) is 4.74 Å². The molecule has 0 atom stereocenters. The summed E-state index contributed by atoms with van der Waals surface area (Å²) in [4.78, 5) is 32.1. The molecule has 0 aliphatic carbocycles. The molecule has 2 heterocycles. The summed E-state index contributed by atoms with van der Waals surface area (Å²) >= 11 is 0. The molecule has 2 amide bonds. The minimum absolute atomic E-state index is 0.0132. The van der Waals surface area contributed by atoms with Gasteiger partial charge in [-0.3, -0.25) is 9.59 Å². The highest BCUT2D eigenvalue weighted by atomic mass is 16.5. The van der Waals surface area contributed by atoms with Crippen LogP contribution in [0, 0.1) is 13.8 Å². The third-order valence-electron chi connectivity index (χ3n) is 5.09. The van der Waals surface area contributed by atoms with Crippen LogP contribution in [0.15, 0.2) is 30.5 Å². The fourth-order valence-corrected chi connectivity index (χ4v) is 3.38. The lowest BCUT2D eigenvalue weighted by Crippen LogP contribution is -2.37. The summed E-state index contributed by atoms with van der Waals surface area (Å²) in [5.41, 5.74) is 3.22. The van der Waals surface area contributed by atoms with Crippen LogP contribution >= 0.6 is 0 Å². The number of ether oxygens (including phenoxy) is 1. The molecule has 0 spiro atoms. The maximum absolute atomic E-state index is 13.0. The molecule has 6 heteroatoms. The van der Waals surface area contributed by atoms with Crippen molar-refractivity contribution >= 4 is 11.8 Å². The number of methoxy groups -OCH3 is 1. The number of benzene rings is 1. The molecule has 1 aromatic heterocycles. The molecular weight excluding hydrogens is 330 g/mol. The molecular formula is C20H25N3O3. The molecule has 0 bridgehead atoms. The molecule has 1 aliphatic heterocycles. The van der Waals surface area contributed by atoms with Gasteiger partial charge >= 0.3 is 0 Å². The fraction of sp³-hybridized carbons (Fsp3) is 0.400. The Hall–Kier alpha value is -2.76. The number of nitrogens with zero attached hydrogens (tertiary/aromatic N) is 2. The SMILES string of the molecule is COc1ccc(C(=O)N2CCCN(C(=O)c3ccc[nH]3)CC2)c(C)c1C. The van der Waals surface area contributed by atoms with Gasteiger partial charge in [-0.15, -0.1) is 0 Å². The van der Waals surface area contributed by atoms with Crippen molar-refractivity contribution in [2.45, 2.75) is 20.3 Å². The van der Waals surface area contributed by atoms with Crippen molar-refractivity contribution in [3.63, 3.8) is 0 Å². The standard InChI is InChI=1S/C20H25N3O3/c1-14-15(2)18(26-3)8-7-16(14)19(24)22-10-5-11-23(13-12-22)20(25)17-6-4-9-21-17/h4,6-9,21H,5,10-13H2,1-3H3. The van der Waals surface area contributed by atoms with Crippen LogP contribution in [0.3, 0.4) is 0 Å². The first-order valence-corrected chi connectivity index (χ1v) is 8.89. The molecule has 0 radical (unpaired) electrons. The molecule has 2 aromatic rings. The van der Waals surface area contributed by atoms with Gasteiger partial charge in [-0.1, -0.05) is 0 Å². The molecule has 26 heavy (non-hydrogen) atoms. The molecule has 1 saturated heterocycles. The average molecular weight is 355 g/mol. The van der Waals surface area contributed by atoms with E-state index < -0.39 is 0 Å². The van der Waals surface area contributed by atoms with Crippen LogP contribution < -0.4 is 4.74 Å². The van der Waals surface area contributed by atoms with Gasteiger partial charge < -0.3 is 19.5 Å². The summed E-state index contributed by atoms with van der Waals surface area (Å²) in [6, 6.07) is 7.26. The number of carbonyl (C=O) groups excluding carboxylic acids is 2. The lowest BCUT2D eigenvalue weighted by atomic mass is 10.0. The van der Waals surface area contributed by atoms with Gasteiger partial charge in [0.25, 0.3) is 11.8 Å². The van der Waals surface area contributed by atoms with E-state index in [0.29, 0.717) is 37.4 Å². The number of hydrogen-bond acceptors (Lipinski definition) is 3. The number of aromatic nitrogens is 1. The largest absolute Gasteiger partial charge is 0.496 e. The Morgan fingerprint density at radius 1 is 0.962 bits per heavy atom. The fourth-order valence-electron chi connectivity index (χ4n) is 3.38.